The zero-order valence-corrected chi connectivity index (χ0v) is 8.87. The maximum absolute atomic E-state index is 11.6. The van der Waals surface area contributed by atoms with Gasteiger partial charge in [0.05, 0.1) is 0 Å². The fraction of sp³-hybridized carbons (Fsp3) is 0.417. The number of rotatable bonds is 2. The zero-order valence-electron chi connectivity index (χ0n) is 8.87. The molecule has 0 aliphatic heterocycles. The molecule has 0 amide bonds. The molecule has 2 nitrogen and oxygen atoms in total. The van der Waals surface area contributed by atoms with E-state index in [2.05, 4.69) is 0 Å². The van der Waals surface area contributed by atoms with E-state index in [9.17, 15) is 9.90 Å². The summed E-state index contributed by atoms with van der Waals surface area (Å²) in [4.78, 5) is 11.6. The van der Waals surface area contributed by atoms with Crippen molar-refractivity contribution < 1.29 is 9.90 Å². The first kappa shape index (κ1) is 10.9. The molecule has 2 heteroatoms. The van der Waals surface area contributed by atoms with Crippen LogP contribution < -0.4 is 0 Å². The first-order chi connectivity index (χ1) is 6.45. The van der Waals surface area contributed by atoms with E-state index in [-0.39, 0.29) is 5.78 Å². The molecule has 0 atom stereocenters. The van der Waals surface area contributed by atoms with Crippen molar-refractivity contribution >= 4 is 5.78 Å². The van der Waals surface area contributed by atoms with Gasteiger partial charge in [0.2, 0.25) is 0 Å². The second kappa shape index (κ2) is 3.93. The van der Waals surface area contributed by atoms with E-state index in [1.54, 1.807) is 6.08 Å². The summed E-state index contributed by atoms with van der Waals surface area (Å²) in [6.45, 7) is 4.99. The standard InChI is InChI=1S/C12H16O2/c1-4-9-5-7-10(8-6-9)11(13)12(2,3)14/h4-5,7-8,14H,6H2,1-3H3. The number of carbonyl (C=O) groups is 1. The molecule has 0 unspecified atom stereocenters. The number of allylic oxidation sites excluding steroid dienone is 5. The number of carbonyl (C=O) groups excluding carboxylic acids is 1. The van der Waals surface area contributed by atoms with E-state index < -0.39 is 5.60 Å². The minimum atomic E-state index is -1.27. The van der Waals surface area contributed by atoms with Crippen molar-refractivity contribution in [2.24, 2.45) is 0 Å². The van der Waals surface area contributed by atoms with Crippen LogP contribution in [0.4, 0.5) is 0 Å². The van der Waals surface area contributed by atoms with E-state index in [4.69, 9.17) is 0 Å². The fourth-order valence-electron chi connectivity index (χ4n) is 1.30. The zero-order chi connectivity index (χ0) is 10.8. The summed E-state index contributed by atoms with van der Waals surface area (Å²) in [7, 11) is 0. The fourth-order valence-corrected chi connectivity index (χ4v) is 1.30. The van der Waals surface area contributed by atoms with Crippen LogP contribution in [0.1, 0.15) is 27.2 Å². The van der Waals surface area contributed by atoms with Crippen molar-refractivity contribution in [1.82, 2.24) is 0 Å². The summed E-state index contributed by atoms with van der Waals surface area (Å²) < 4.78 is 0. The van der Waals surface area contributed by atoms with Crippen molar-refractivity contribution in [3.63, 3.8) is 0 Å². The molecule has 0 fully saturated rings. The molecule has 1 aliphatic rings. The Hall–Kier alpha value is -1.15. The van der Waals surface area contributed by atoms with Crippen LogP contribution in [0.3, 0.4) is 0 Å². The Balaban J connectivity index is 2.81. The van der Waals surface area contributed by atoms with Gasteiger partial charge in [0.25, 0.3) is 0 Å². The van der Waals surface area contributed by atoms with Gasteiger partial charge in [-0.25, -0.2) is 0 Å². The van der Waals surface area contributed by atoms with Crippen LogP contribution in [-0.2, 0) is 4.79 Å². The molecule has 0 radical (unpaired) electrons. The van der Waals surface area contributed by atoms with Crippen LogP contribution in [0.2, 0.25) is 0 Å². The summed E-state index contributed by atoms with van der Waals surface area (Å²) in [5, 5.41) is 9.52. The highest BCUT2D eigenvalue weighted by atomic mass is 16.3. The molecule has 0 aromatic carbocycles. The largest absolute Gasteiger partial charge is 0.382 e. The van der Waals surface area contributed by atoms with Gasteiger partial charge in [-0.3, -0.25) is 4.79 Å². The van der Waals surface area contributed by atoms with Crippen molar-refractivity contribution in [2.45, 2.75) is 32.8 Å². The van der Waals surface area contributed by atoms with Crippen molar-refractivity contribution in [2.75, 3.05) is 0 Å². The van der Waals surface area contributed by atoms with Gasteiger partial charge in [0, 0.05) is 5.57 Å². The van der Waals surface area contributed by atoms with Crippen LogP contribution in [0, 0.1) is 0 Å². The molecule has 1 N–H and O–H groups in total. The highest BCUT2D eigenvalue weighted by Gasteiger charge is 2.26. The van der Waals surface area contributed by atoms with E-state index in [1.165, 1.54) is 19.4 Å². The predicted octanol–water partition coefficient (Wildman–Crippen LogP) is 2.16. The van der Waals surface area contributed by atoms with Gasteiger partial charge in [0.1, 0.15) is 5.60 Å². The minimum Gasteiger partial charge on any atom is -0.382 e. The van der Waals surface area contributed by atoms with Gasteiger partial charge in [-0.2, -0.15) is 0 Å². The molecule has 0 aromatic heterocycles. The van der Waals surface area contributed by atoms with Crippen LogP contribution >= 0.6 is 0 Å². The average Bonchev–Trinajstić information content (AvgIpc) is 2.15. The molecular weight excluding hydrogens is 176 g/mol. The summed E-state index contributed by atoms with van der Waals surface area (Å²) >= 11 is 0. The Morgan fingerprint density at radius 1 is 1.50 bits per heavy atom. The summed E-state index contributed by atoms with van der Waals surface area (Å²) in [5.74, 6) is -0.219. The lowest BCUT2D eigenvalue weighted by molar-refractivity contribution is -0.129. The summed E-state index contributed by atoms with van der Waals surface area (Å²) in [6.07, 6.45) is 8.32. The number of hydrogen-bond acceptors (Lipinski definition) is 2. The Morgan fingerprint density at radius 2 is 2.14 bits per heavy atom. The quantitative estimate of drug-likeness (QED) is 0.728. The van der Waals surface area contributed by atoms with Crippen molar-refractivity contribution in [1.29, 1.82) is 0 Å². The predicted molar refractivity (Wildman–Crippen MR) is 56.9 cm³/mol. The van der Waals surface area contributed by atoms with Crippen molar-refractivity contribution in [3.8, 4) is 0 Å². The summed E-state index contributed by atoms with van der Waals surface area (Å²) in [6, 6.07) is 0. The molecule has 1 rings (SSSR count). The second-order valence-electron chi connectivity index (χ2n) is 3.95. The third-order valence-electron chi connectivity index (χ3n) is 2.22. The van der Waals surface area contributed by atoms with Crippen LogP contribution in [-0.4, -0.2) is 16.5 Å². The molecular formula is C12H16O2. The van der Waals surface area contributed by atoms with Gasteiger partial charge >= 0.3 is 0 Å². The number of hydrogen-bond donors (Lipinski definition) is 1. The normalized spacial score (nSPS) is 19.7. The number of ketones is 1. The Labute approximate surface area is 84.6 Å². The van der Waals surface area contributed by atoms with E-state index in [1.807, 2.05) is 25.2 Å². The molecule has 0 heterocycles. The van der Waals surface area contributed by atoms with Crippen LogP contribution in [0.5, 0.6) is 0 Å². The molecule has 1 aliphatic carbocycles. The Kier molecular flexibility index (Phi) is 3.06. The molecule has 0 bridgehead atoms. The van der Waals surface area contributed by atoms with Crippen molar-refractivity contribution in [3.05, 3.63) is 35.5 Å². The topological polar surface area (TPSA) is 37.3 Å². The first-order valence-corrected chi connectivity index (χ1v) is 4.75. The van der Waals surface area contributed by atoms with Crippen LogP contribution in [0.25, 0.3) is 0 Å². The van der Waals surface area contributed by atoms with E-state index in [0.717, 1.165) is 6.42 Å². The molecule has 0 aromatic rings. The smallest absolute Gasteiger partial charge is 0.193 e. The first-order valence-electron chi connectivity index (χ1n) is 4.75. The highest BCUT2D eigenvalue weighted by Crippen LogP contribution is 2.19. The van der Waals surface area contributed by atoms with E-state index >= 15 is 0 Å². The maximum Gasteiger partial charge on any atom is 0.193 e. The molecule has 0 spiro atoms. The van der Waals surface area contributed by atoms with Gasteiger partial charge < -0.3 is 5.11 Å². The third kappa shape index (κ3) is 2.42. The van der Waals surface area contributed by atoms with Crippen LogP contribution in [0.15, 0.2) is 35.5 Å². The molecule has 0 saturated carbocycles. The van der Waals surface area contributed by atoms with Gasteiger partial charge in [-0.05, 0) is 32.8 Å². The lowest BCUT2D eigenvalue weighted by atomic mass is 9.92. The minimum absolute atomic E-state index is 0.219. The van der Waals surface area contributed by atoms with Gasteiger partial charge in [0.15, 0.2) is 5.78 Å². The highest BCUT2D eigenvalue weighted by molar-refractivity contribution is 6.03. The number of Topliss-reactive ketones (excluding diaryl/α,β-unsaturated/α-hetero) is 1. The lowest BCUT2D eigenvalue weighted by Gasteiger charge is -2.17. The molecule has 76 valence electrons. The molecule has 14 heavy (non-hydrogen) atoms. The SMILES string of the molecule is CC=C1C=CC(C(=O)C(C)(C)O)=CC1. The molecule has 0 saturated heterocycles. The Morgan fingerprint density at radius 3 is 2.50 bits per heavy atom. The monoisotopic (exact) mass is 192 g/mol. The Bertz CT molecular complexity index is 325. The van der Waals surface area contributed by atoms with Gasteiger partial charge in [-0.1, -0.05) is 24.3 Å². The lowest BCUT2D eigenvalue weighted by Crippen LogP contribution is -2.32. The average molecular weight is 192 g/mol. The maximum atomic E-state index is 11.6. The van der Waals surface area contributed by atoms with Gasteiger partial charge in [-0.15, -0.1) is 0 Å². The summed E-state index contributed by atoms with van der Waals surface area (Å²) in [5.41, 5.74) is 0.518. The second-order valence-corrected chi connectivity index (χ2v) is 3.95. The third-order valence-corrected chi connectivity index (χ3v) is 2.22. The van der Waals surface area contributed by atoms with E-state index in [0.29, 0.717) is 5.57 Å². The number of aliphatic hydroxyl groups is 1.